The zero-order valence-electron chi connectivity index (χ0n) is 4.31. The Labute approximate surface area is 64.8 Å². The van der Waals surface area contributed by atoms with Crippen molar-refractivity contribution in [2.24, 2.45) is 0 Å². The Morgan fingerprint density at radius 3 is 1.43 bits per heavy atom. The van der Waals surface area contributed by atoms with Gasteiger partial charge in [0.1, 0.15) is 13.2 Å². The molecule has 0 aromatic rings. The van der Waals surface area contributed by atoms with Gasteiger partial charge in [-0.2, -0.15) is 0 Å². The van der Waals surface area contributed by atoms with E-state index in [0.717, 1.165) is 0 Å². The second-order valence-corrected chi connectivity index (χ2v) is 0.670. The zero-order chi connectivity index (χ0) is 4.83. The summed E-state index contributed by atoms with van der Waals surface area (Å²) in [7, 11) is 0. The summed E-state index contributed by atoms with van der Waals surface area (Å²) in [5.41, 5.74) is 0. The maximum atomic E-state index is 7.91. The standard InChI is InChI=1S/C4H6O2.Na/c5-3-1-2-4-6;/h5-6H,3-4H2;. The smallest absolute Gasteiger partial charge is 0.104 e. The van der Waals surface area contributed by atoms with Crippen LogP contribution in [0.5, 0.6) is 0 Å². The normalized spacial score (nSPS) is 5.43. The predicted molar refractivity (Wildman–Crippen MR) is 27.7 cm³/mol. The van der Waals surface area contributed by atoms with E-state index in [9.17, 15) is 0 Å². The van der Waals surface area contributed by atoms with Gasteiger partial charge in [0.15, 0.2) is 0 Å². The number of aliphatic hydroxyl groups excluding tert-OH is 2. The van der Waals surface area contributed by atoms with Gasteiger partial charge in [0.25, 0.3) is 0 Å². The fourth-order valence-corrected chi connectivity index (χ4v) is 0.112. The van der Waals surface area contributed by atoms with Crippen LogP contribution in [0.2, 0.25) is 0 Å². The summed E-state index contributed by atoms with van der Waals surface area (Å²) in [5, 5.41) is 15.8. The van der Waals surface area contributed by atoms with Crippen molar-refractivity contribution in [3.63, 3.8) is 0 Å². The topological polar surface area (TPSA) is 40.5 Å². The van der Waals surface area contributed by atoms with Crippen molar-refractivity contribution in [2.45, 2.75) is 0 Å². The van der Waals surface area contributed by atoms with Gasteiger partial charge in [0.05, 0.1) is 0 Å². The molecule has 0 aliphatic carbocycles. The van der Waals surface area contributed by atoms with Gasteiger partial charge in [-0.25, -0.2) is 0 Å². The van der Waals surface area contributed by atoms with E-state index >= 15 is 0 Å². The van der Waals surface area contributed by atoms with Crippen molar-refractivity contribution in [2.75, 3.05) is 13.2 Å². The molecular formula is C4H6NaO2. The summed E-state index contributed by atoms with van der Waals surface area (Å²) in [6.07, 6.45) is 0. The van der Waals surface area contributed by atoms with Crippen molar-refractivity contribution >= 4 is 29.6 Å². The van der Waals surface area contributed by atoms with Crippen LogP contribution in [0.1, 0.15) is 0 Å². The molecule has 0 saturated heterocycles. The molecule has 0 fully saturated rings. The van der Waals surface area contributed by atoms with Crippen molar-refractivity contribution in [1.29, 1.82) is 0 Å². The second-order valence-electron chi connectivity index (χ2n) is 0.670. The summed E-state index contributed by atoms with van der Waals surface area (Å²) in [6.45, 7) is -0.332. The Kier molecular flexibility index (Phi) is 14.5. The summed E-state index contributed by atoms with van der Waals surface area (Å²) < 4.78 is 0. The molecule has 2 N–H and O–H groups in total. The molecule has 0 bridgehead atoms. The molecule has 0 unspecified atom stereocenters. The largest absolute Gasteiger partial charge is 0.384 e. The number of rotatable bonds is 0. The van der Waals surface area contributed by atoms with E-state index in [0.29, 0.717) is 0 Å². The van der Waals surface area contributed by atoms with E-state index in [1.165, 1.54) is 0 Å². The fourth-order valence-electron chi connectivity index (χ4n) is 0.112. The zero-order valence-corrected chi connectivity index (χ0v) is 6.31. The van der Waals surface area contributed by atoms with E-state index in [1.54, 1.807) is 0 Å². The molecule has 0 atom stereocenters. The van der Waals surface area contributed by atoms with E-state index < -0.39 is 0 Å². The molecule has 0 saturated carbocycles. The van der Waals surface area contributed by atoms with Crippen LogP contribution in [0.3, 0.4) is 0 Å². The van der Waals surface area contributed by atoms with Gasteiger partial charge in [0, 0.05) is 29.6 Å². The molecule has 0 spiro atoms. The molecule has 0 aromatic heterocycles. The van der Waals surface area contributed by atoms with E-state index in [4.69, 9.17) is 10.2 Å². The first-order valence-electron chi connectivity index (χ1n) is 1.59. The van der Waals surface area contributed by atoms with Crippen molar-refractivity contribution in [3.8, 4) is 11.8 Å². The Morgan fingerprint density at radius 1 is 1.00 bits per heavy atom. The van der Waals surface area contributed by atoms with Crippen LogP contribution in [0, 0.1) is 11.8 Å². The maximum Gasteiger partial charge on any atom is 0.104 e. The van der Waals surface area contributed by atoms with Gasteiger partial charge in [-0.15, -0.1) is 0 Å². The van der Waals surface area contributed by atoms with Crippen LogP contribution in [-0.4, -0.2) is 53.0 Å². The van der Waals surface area contributed by atoms with Crippen LogP contribution in [0.25, 0.3) is 0 Å². The van der Waals surface area contributed by atoms with Crippen molar-refractivity contribution < 1.29 is 10.2 Å². The first-order valence-corrected chi connectivity index (χ1v) is 1.59. The molecule has 1 radical (unpaired) electrons. The average molecular weight is 109 g/mol. The van der Waals surface area contributed by atoms with Gasteiger partial charge in [-0.1, -0.05) is 11.8 Å². The first-order chi connectivity index (χ1) is 2.91. The molecule has 0 amide bonds. The minimum atomic E-state index is -0.166. The number of hydrogen-bond acceptors (Lipinski definition) is 2. The third-order valence-electron chi connectivity index (χ3n) is 0.283. The quantitative estimate of drug-likeness (QED) is 0.296. The Hall–Kier alpha value is 0.480. The Morgan fingerprint density at radius 2 is 1.29 bits per heavy atom. The fraction of sp³-hybridized carbons (Fsp3) is 0.500. The molecule has 0 heterocycles. The molecule has 0 aliphatic heterocycles. The van der Waals surface area contributed by atoms with Crippen LogP contribution in [0.4, 0.5) is 0 Å². The summed E-state index contributed by atoms with van der Waals surface area (Å²) in [6, 6.07) is 0. The van der Waals surface area contributed by atoms with Crippen LogP contribution in [0.15, 0.2) is 0 Å². The van der Waals surface area contributed by atoms with Crippen molar-refractivity contribution in [1.82, 2.24) is 0 Å². The van der Waals surface area contributed by atoms with E-state index in [-0.39, 0.29) is 42.8 Å². The third kappa shape index (κ3) is 10.7. The molecule has 35 valence electrons. The summed E-state index contributed by atoms with van der Waals surface area (Å²) in [4.78, 5) is 0. The molecule has 7 heavy (non-hydrogen) atoms. The van der Waals surface area contributed by atoms with Gasteiger partial charge in [0.2, 0.25) is 0 Å². The molecule has 2 nitrogen and oxygen atoms in total. The van der Waals surface area contributed by atoms with Gasteiger partial charge < -0.3 is 10.2 Å². The van der Waals surface area contributed by atoms with Gasteiger partial charge >= 0.3 is 0 Å². The van der Waals surface area contributed by atoms with Crippen LogP contribution < -0.4 is 0 Å². The molecule has 0 aromatic carbocycles. The van der Waals surface area contributed by atoms with E-state index in [1.807, 2.05) is 0 Å². The third-order valence-corrected chi connectivity index (χ3v) is 0.283. The van der Waals surface area contributed by atoms with Gasteiger partial charge in [-0.05, 0) is 0 Å². The summed E-state index contributed by atoms with van der Waals surface area (Å²) in [5.74, 6) is 4.51. The number of hydrogen-bond donors (Lipinski definition) is 2. The van der Waals surface area contributed by atoms with Crippen LogP contribution >= 0.6 is 0 Å². The molecule has 0 rings (SSSR count). The minimum absolute atomic E-state index is 0. The minimum Gasteiger partial charge on any atom is -0.384 e. The second kappa shape index (κ2) is 9.70. The van der Waals surface area contributed by atoms with Crippen molar-refractivity contribution in [3.05, 3.63) is 0 Å². The first kappa shape index (κ1) is 10.5. The SMILES string of the molecule is OCC#CCO.[Na]. The van der Waals surface area contributed by atoms with Gasteiger partial charge in [-0.3, -0.25) is 0 Å². The molecule has 3 heteroatoms. The predicted octanol–water partition coefficient (Wildman–Crippen LogP) is -1.41. The van der Waals surface area contributed by atoms with E-state index in [2.05, 4.69) is 11.8 Å². The molecular weight excluding hydrogens is 103 g/mol. The molecule has 0 aliphatic rings. The average Bonchev–Trinajstić information content (AvgIpc) is 1.61. The Bertz CT molecular complexity index is 63.5. The Balaban J connectivity index is 0. The number of aliphatic hydroxyl groups is 2. The monoisotopic (exact) mass is 109 g/mol. The van der Waals surface area contributed by atoms with Crippen LogP contribution in [-0.2, 0) is 0 Å². The maximum absolute atomic E-state index is 7.91. The summed E-state index contributed by atoms with van der Waals surface area (Å²) >= 11 is 0.